The number of nitrogens with zero attached hydrogens (tertiary/aromatic N) is 3. The van der Waals surface area contributed by atoms with Crippen LogP contribution in [0.2, 0.25) is 0 Å². The molecule has 7 nitrogen and oxygen atoms in total. The fourth-order valence-electron chi connectivity index (χ4n) is 3.21. The van der Waals surface area contributed by atoms with Crippen LogP contribution >= 0.6 is 0 Å². The lowest BCUT2D eigenvalue weighted by molar-refractivity contribution is 0.276. The molecule has 0 amide bonds. The lowest BCUT2D eigenvalue weighted by Crippen LogP contribution is -2.30. The molecule has 29 heavy (non-hydrogen) atoms. The first-order chi connectivity index (χ1) is 14.2. The minimum atomic E-state index is -0.121. The van der Waals surface area contributed by atoms with E-state index in [1.54, 1.807) is 12.4 Å². The van der Waals surface area contributed by atoms with Crippen molar-refractivity contribution in [3.8, 4) is 17.1 Å². The molecule has 0 fully saturated rings. The molecule has 0 spiro atoms. The smallest absolute Gasteiger partial charge is 0.232 e. The van der Waals surface area contributed by atoms with Crippen LogP contribution < -0.4 is 21.3 Å². The number of hydrazine groups is 1. The molecule has 4 rings (SSSR count). The average molecular weight is 388 g/mol. The van der Waals surface area contributed by atoms with Gasteiger partial charge in [-0.3, -0.25) is 9.97 Å². The zero-order valence-corrected chi connectivity index (χ0v) is 16.3. The first-order valence-corrected chi connectivity index (χ1v) is 9.58. The fraction of sp³-hybridized carbons (Fsp3) is 0.227. The number of hydrogen-bond donors (Lipinski definition) is 3. The summed E-state index contributed by atoms with van der Waals surface area (Å²) in [6.07, 6.45) is 7.81. The van der Waals surface area contributed by atoms with Gasteiger partial charge in [0.05, 0.1) is 30.3 Å². The van der Waals surface area contributed by atoms with Crippen LogP contribution in [0.25, 0.3) is 16.8 Å². The highest BCUT2D eigenvalue weighted by Gasteiger charge is 2.13. The molecule has 7 heteroatoms. The van der Waals surface area contributed by atoms with Gasteiger partial charge in [-0.1, -0.05) is 30.3 Å². The van der Waals surface area contributed by atoms with Gasteiger partial charge < -0.3 is 15.9 Å². The molecule has 0 unspecified atom stereocenters. The number of rotatable bonds is 6. The van der Waals surface area contributed by atoms with Gasteiger partial charge in [-0.05, 0) is 30.5 Å². The molecule has 3 aromatic rings. The molecule has 0 aliphatic carbocycles. The topological polar surface area (TPSA) is 98.0 Å². The highest BCUT2D eigenvalue weighted by molar-refractivity contribution is 5.71. The Labute approximate surface area is 170 Å². The van der Waals surface area contributed by atoms with E-state index < -0.39 is 0 Å². The van der Waals surface area contributed by atoms with Crippen LogP contribution in [-0.4, -0.2) is 27.6 Å². The van der Waals surface area contributed by atoms with Crippen LogP contribution in [0.4, 0.5) is 0 Å². The second kappa shape index (κ2) is 8.81. The zero-order valence-electron chi connectivity index (χ0n) is 16.3. The Morgan fingerprint density at radius 2 is 2.03 bits per heavy atom. The summed E-state index contributed by atoms with van der Waals surface area (Å²) in [5.41, 5.74) is 18.3. The van der Waals surface area contributed by atoms with Gasteiger partial charge >= 0.3 is 0 Å². The molecule has 0 saturated carbocycles. The van der Waals surface area contributed by atoms with E-state index in [-0.39, 0.29) is 6.04 Å². The first-order valence-electron chi connectivity index (χ1n) is 9.58. The largest absolute Gasteiger partial charge is 0.475 e. The van der Waals surface area contributed by atoms with Gasteiger partial charge in [0.25, 0.3) is 0 Å². The lowest BCUT2D eigenvalue weighted by Gasteiger charge is -2.13. The minimum absolute atomic E-state index is 0.121. The highest BCUT2D eigenvalue weighted by Crippen LogP contribution is 2.25. The molecule has 1 aliphatic rings. The zero-order chi connectivity index (χ0) is 20.1. The minimum Gasteiger partial charge on any atom is -0.475 e. The van der Waals surface area contributed by atoms with E-state index in [9.17, 15) is 0 Å². The van der Waals surface area contributed by atoms with Gasteiger partial charge in [0, 0.05) is 29.6 Å². The van der Waals surface area contributed by atoms with E-state index >= 15 is 0 Å². The van der Waals surface area contributed by atoms with Crippen LogP contribution in [0.5, 0.6) is 5.88 Å². The van der Waals surface area contributed by atoms with Gasteiger partial charge in [-0.25, -0.2) is 10.4 Å². The molecule has 2 aromatic heterocycles. The van der Waals surface area contributed by atoms with Crippen LogP contribution in [-0.2, 0) is 13.0 Å². The third-order valence-electron chi connectivity index (χ3n) is 4.74. The van der Waals surface area contributed by atoms with E-state index in [0.717, 1.165) is 28.8 Å². The van der Waals surface area contributed by atoms with E-state index in [1.165, 1.54) is 5.56 Å². The normalized spacial score (nSPS) is 14.2. The van der Waals surface area contributed by atoms with Crippen molar-refractivity contribution in [3.63, 3.8) is 0 Å². The Balaban J connectivity index is 1.46. The fourth-order valence-corrected chi connectivity index (χ4v) is 3.21. The monoisotopic (exact) mass is 388 g/mol. The number of aromatic nitrogens is 3. The maximum atomic E-state index is 6.21. The van der Waals surface area contributed by atoms with Crippen molar-refractivity contribution in [2.45, 2.75) is 25.9 Å². The number of hydrogen-bond acceptors (Lipinski definition) is 7. The molecule has 0 radical (unpaired) electrons. The number of allylic oxidation sites excluding steroid dienone is 1. The molecule has 0 bridgehead atoms. The van der Waals surface area contributed by atoms with Gasteiger partial charge in [0.2, 0.25) is 5.88 Å². The third-order valence-corrected chi connectivity index (χ3v) is 4.74. The predicted molar refractivity (Wildman–Crippen MR) is 113 cm³/mol. The van der Waals surface area contributed by atoms with E-state index in [4.69, 9.17) is 10.5 Å². The van der Waals surface area contributed by atoms with Gasteiger partial charge in [-0.15, -0.1) is 0 Å². The lowest BCUT2D eigenvalue weighted by atomic mass is 10.0. The summed E-state index contributed by atoms with van der Waals surface area (Å²) < 4.78 is 5.81. The summed E-state index contributed by atoms with van der Waals surface area (Å²) in [7, 11) is 0. The van der Waals surface area contributed by atoms with Crippen molar-refractivity contribution >= 4 is 5.57 Å². The van der Waals surface area contributed by atoms with Crippen LogP contribution in [0.3, 0.4) is 0 Å². The Kier molecular flexibility index (Phi) is 5.79. The molecule has 1 aliphatic heterocycles. The van der Waals surface area contributed by atoms with Crippen molar-refractivity contribution < 1.29 is 4.74 Å². The molecule has 0 saturated heterocycles. The average Bonchev–Trinajstić information content (AvgIpc) is 2.94. The predicted octanol–water partition coefficient (Wildman–Crippen LogP) is 2.46. The van der Waals surface area contributed by atoms with Gasteiger partial charge in [-0.2, -0.15) is 0 Å². The second-order valence-corrected chi connectivity index (χ2v) is 7.05. The summed E-state index contributed by atoms with van der Waals surface area (Å²) in [5.74, 6) is 0.455. The standard InChI is InChI=1S/C22H24N6O/c1-15-9-26-27-12-21-19(15)8-17(10-25-21)20-11-24-13-22(28-20)29-14-18(23)7-16-5-3-2-4-6-16/h2-6,8-11,13,18,26-27H,7,12,14,23H2,1H3/t18-/m0/s1. The van der Waals surface area contributed by atoms with Crippen molar-refractivity contribution in [1.82, 2.24) is 25.8 Å². The van der Waals surface area contributed by atoms with E-state index in [1.807, 2.05) is 37.5 Å². The van der Waals surface area contributed by atoms with Crippen LogP contribution in [0.15, 0.2) is 61.2 Å². The summed E-state index contributed by atoms with van der Waals surface area (Å²) in [6.45, 7) is 3.07. The first kappa shape index (κ1) is 19.0. The number of nitrogens with two attached hydrogens (primary N) is 1. The summed E-state index contributed by atoms with van der Waals surface area (Å²) >= 11 is 0. The molecule has 3 heterocycles. The third kappa shape index (κ3) is 4.77. The molecule has 4 N–H and O–H groups in total. The maximum absolute atomic E-state index is 6.21. The number of nitrogens with one attached hydrogen (secondary N) is 2. The summed E-state index contributed by atoms with van der Waals surface area (Å²) in [4.78, 5) is 13.5. The Morgan fingerprint density at radius 1 is 1.17 bits per heavy atom. The van der Waals surface area contributed by atoms with Crippen molar-refractivity contribution in [1.29, 1.82) is 0 Å². The SMILES string of the molecule is CC1=CNNCc2ncc(-c3cncc(OC[C@@H](N)Cc4ccccc4)n3)cc21. The quantitative estimate of drug-likeness (QED) is 0.597. The molecule has 1 aromatic carbocycles. The highest BCUT2D eigenvalue weighted by atomic mass is 16.5. The van der Waals surface area contributed by atoms with E-state index in [2.05, 4.69) is 44.0 Å². The van der Waals surface area contributed by atoms with E-state index in [0.29, 0.717) is 24.7 Å². The van der Waals surface area contributed by atoms with Gasteiger partial charge in [0.15, 0.2) is 0 Å². The number of ether oxygens (including phenoxy) is 1. The Morgan fingerprint density at radius 3 is 2.90 bits per heavy atom. The van der Waals surface area contributed by atoms with Crippen molar-refractivity contribution in [2.24, 2.45) is 5.73 Å². The summed E-state index contributed by atoms with van der Waals surface area (Å²) in [6, 6.07) is 12.1. The molecular formula is C22H24N6O. The number of benzene rings is 1. The second-order valence-electron chi connectivity index (χ2n) is 7.05. The Hall–Kier alpha value is -3.29. The maximum Gasteiger partial charge on any atom is 0.232 e. The number of fused-ring (bicyclic) bond motifs is 1. The van der Waals surface area contributed by atoms with Gasteiger partial charge in [0.1, 0.15) is 6.61 Å². The molecule has 1 atom stereocenters. The van der Waals surface area contributed by atoms with Crippen molar-refractivity contribution in [3.05, 3.63) is 78.0 Å². The molecular weight excluding hydrogens is 364 g/mol. The van der Waals surface area contributed by atoms with Crippen LogP contribution in [0, 0.1) is 0 Å². The molecule has 148 valence electrons. The van der Waals surface area contributed by atoms with Crippen molar-refractivity contribution in [2.75, 3.05) is 6.61 Å². The summed E-state index contributed by atoms with van der Waals surface area (Å²) in [5, 5.41) is 0. The van der Waals surface area contributed by atoms with Crippen LogP contribution in [0.1, 0.15) is 23.7 Å². The Bertz CT molecular complexity index is 1010. The number of pyridine rings is 1.